The minimum Gasteiger partial charge on any atom is -0.507 e. The second-order valence-electron chi connectivity index (χ2n) is 9.56. The fourth-order valence-electron chi connectivity index (χ4n) is 4.89. The van der Waals surface area contributed by atoms with Crippen LogP contribution < -0.4 is 9.80 Å². The van der Waals surface area contributed by atoms with Gasteiger partial charge in [0.2, 0.25) is 0 Å². The van der Waals surface area contributed by atoms with Crippen LogP contribution in [0.3, 0.4) is 0 Å². The third-order valence-electron chi connectivity index (χ3n) is 7.24. The molecule has 0 radical (unpaired) electrons. The summed E-state index contributed by atoms with van der Waals surface area (Å²) in [6.07, 6.45) is 3.25. The van der Waals surface area contributed by atoms with E-state index >= 15 is 0 Å². The van der Waals surface area contributed by atoms with Gasteiger partial charge in [-0.05, 0) is 80.1 Å². The molecule has 2 aliphatic rings. The number of nitrogens with zero attached hydrogens (tertiary/aromatic N) is 4. The van der Waals surface area contributed by atoms with Gasteiger partial charge < -0.3 is 14.9 Å². The Morgan fingerprint density at radius 3 is 2.14 bits per heavy atom. The van der Waals surface area contributed by atoms with Crippen molar-refractivity contribution >= 4 is 28.8 Å². The summed E-state index contributed by atoms with van der Waals surface area (Å²) in [7, 11) is 2.12. The number of Topliss-reactive ketones (excluding diaryl/α,β-unsaturated/α-hetero) is 1. The number of pyridine rings is 1. The van der Waals surface area contributed by atoms with Crippen molar-refractivity contribution in [2.45, 2.75) is 19.9 Å². The highest BCUT2D eigenvalue weighted by atomic mass is 16.3. The Morgan fingerprint density at radius 2 is 1.50 bits per heavy atom. The van der Waals surface area contributed by atoms with Crippen LogP contribution in [0.5, 0.6) is 0 Å². The van der Waals surface area contributed by atoms with Gasteiger partial charge in [-0.2, -0.15) is 0 Å². The van der Waals surface area contributed by atoms with Crippen LogP contribution in [-0.2, 0) is 9.59 Å². The Labute approximate surface area is 211 Å². The van der Waals surface area contributed by atoms with Crippen LogP contribution in [0, 0.1) is 13.8 Å². The summed E-state index contributed by atoms with van der Waals surface area (Å²) in [6, 6.07) is 16.0. The molecule has 2 fully saturated rings. The van der Waals surface area contributed by atoms with E-state index in [1.165, 1.54) is 4.90 Å². The molecule has 1 atom stereocenters. The van der Waals surface area contributed by atoms with Gasteiger partial charge in [0, 0.05) is 55.5 Å². The molecule has 0 aliphatic carbocycles. The number of rotatable bonds is 4. The zero-order valence-electron chi connectivity index (χ0n) is 20.8. The normalized spacial score (nSPS) is 20.2. The molecular weight excluding hydrogens is 452 g/mol. The van der Waals surface area contributed by atoms with E-state index in [2.05, 4.69) is 21.8 Å². The summed E-state index contributed by atoms with van der Waals surface area (Å²) in [5, 5.41) is 11.3. The summed E-state index contributed by atoms with van der Waals surface area (Å²) in [5.74, 6) is -1.53. The smallest absolute Gasteiger partial charge is 0.300 e. The second kappa shape index (κ2) is 9.59. The lowest BCUT2D eigenvalue weighted by Crippen LogP contribution is -2.44. The number of aliphatic hydroxyl groups excluding tert-OH is 1. The van der Waals surface area contributed by atoms with Crippen LogP contribution in [0.15, 0.2) is 72.6 Å². The molecule has 2 aromatic carbocycles. The van der Waals surface area contributed by atoms with Gasteiger partial charge in [0.15, 0.2) is 0 Å². The molecule has 1 aromatic heterocycles. The highest BCUT2D eigenvalue weighted by Crippen LogP contribution is 2.42. The van der Waals surface area contributed by atoms with Crippen molar-refractivity contribution in [3.05, 3.63) is 94.8 Å². The number of piperazine rings is 1. The van der Waals surface area contributed by atoms with Crippen LogP contribution in [-0.4, -0.2) is 59.9 Å². The number of aryl methyl sites for hydroxylation is 2. The molecule has 0 saturated carbocycles. The fraction of sp³-hybridized carbons (Fsp3) is 0.276. The molecule has 5 rings (SSSR count). The number of hydrogen-bond acceptors (Lipinski definition) is 6. The number of aliphatic hydroxyl groups is 1. The first kappa shape index (κ1) is 23.8. The van der Waals surface area contributed by atoms with Crippen molar-refractivity contribution < 1.29 is 14.7 Å². The first-order valence-corrected chi connectivity index (χ1v) is 12.2. The predicted octanol–water partition coefficient (Wildman–Crippen LogP) is 4.08. The van der Waals surface area contributed by atoms with Crippen LogP contribution in [0.2, 0.25) is 0 Å². The first-order chi connectivity index (χ1) is 17.3. The summed E-state index contributed by atoms with van der Waals surface area (Å²) < 4.78 is 0. The monoisotopic (exact) mass is 482 g/mol. The molecule has 36 heavy (non-hydrogen) atoms. The Hall–Kier alpha value is -3.97. The van der Waals surface area contributed by atoms with E-state index in [0.717, 1.165) is 43.0 Å². The maximum atomic E-state index is 13.4. The molecule has 1 amide bonds. The second-order valence-corrected chi connectivity index (χ2v) is 9.56. The molecule has 7 heteroatoms. The number of hydrogen-bond donors (Lipinski definition) is 1. The number of anilines is 2. The van der Waals surface area contributed by atoms with Crippen LogP contribution in [0.1, 0.15) is 28.3 Å². The summed E-state index contributed by atoms with van der Waals surface area (Å²) in [4.78, 5) is 36.9. The van der Waals surface area contributed by atoms with Crippen molar-refractivity contribution in [3.8, 4) is 0 Å². The molecule has 3 heterocycles. The number of aromatic nitrogens is 1. The third-order valence-corrected chi connectivity index (χ3v) is 7.24. The Kier molecular flexibility index (Phi) is 6.33. The van der Waals surface area contributed by atoms with E-state index in [0.29, 0.717) is 16.8 Å². The Morgan fingerprint density at radius 1 is 0.861 bits per heavy atom. The predicted molar refractivity (Wildman–Crippen MR) is 141 cm³/mol. The zero-order chi connectivity index (χ0) is 25.4. The van der Waals surface area contributed by atoms with Gasteiger partial charge in [-0.3, -0.25) is 19.5 Å². The van der Waals surface area contributed by atoms with Crippen molar-refractivity contribution in [1.29, 1.82) is 0 Å². The van der Waals surface area contributed by atoms with Gasteiger partial charge in [-0.15, -0.1) is 0 Å². The first-order valence-electron chi connectivity index (χ1n) is 12.2. The van der Waals surface area contributed by atoms with E-state index in [4.69, 9.17) is 0 Å². The van der Waals surface area contributed by atoms with Gasteiger partial charge in [0.25, 0.3) is 11.7 Å². The Balaban J connectivity index is 1.57. The molecular formula is C29H30N4O3. The maximum absolute atomic E-state index is 13.4. The minimum absolute atomic E-state index is 0.0811. The highest BCUT2D eigenvalue weighted by Gasteiger charge is 2.47. The molecule has 184 valence electrons. The van der Waals surface area contributed by atoms with E-state index in [1.54, 1.807) is 30.6 Å². The van der Waals surface area contributed by atoms with Gasteiger partial charge in [-0.25, -0.2) is 0 Å². The number of carbonyl (C=O) groups is 2. The standard InChI is InChI=1S/C29H30N4O3/c1-19-4-5-22(18-20(19)2)27(34)25-26(21-10-12-30-13-11-21)33(29(36)28(25)35)24-8-6-23(7-9-24)32-16-14-31(3)15-17-32/h4-13,18,26,34H,14-17H2,1-3H3/b27-25-. The number of amides is 1. The van der Waals surface area contributed by atoms with Crippen LogP contribution >= 0.6 is 0 Å². The maximum Gasteiger partial charge on any atom is 0.300 e. The summed E-state index contributed by atoms with van der Waals surface area (Å²) in [6.45, 7) is 7.81. The van der Waals surface area contributed by atoms with Crippen LogP contribution in [0.25, 0.3) is 5.76 Å². The molecule has 2 aliphatic heterocycles. The van der Waals surface area contributed by atoms with E-state index in [-0.39, 0.29) is 11.3 Å². The number of carbonyl (C=O) groups excluding carboxylic acids is 2. The third kappa shape index (κ3) is 4.27. The Bertz CT molecular complexity index is 1330. The molecule has 1 unspecified atom stereocenters. The van der Waals surface area contributed by atoms with E-state index < -0.39 is 17.7 Å². The lowest BCUT2D eigenvalue weighted by molar-refractivity contribution is -0.132. The highest BCUT2D eigenvalue weighted by molar-refractivity contribution is 6.51. The summed E-state index contributed by atoms with van der Waals surface area (Å²) in [5.41, 5.74) is 5.07. The van der Waals surface area contributed by atoms with Crippen molar-refractivity contribution in [2.24, 2.45) is 0 Å². The van der Waals surface area contributed by atoms with Gasteiger partial charge >= 0.3 is 0 Å². The molecule has 0 bridgehead atoms. The van der Waals surface area contributed by atoms with Crippen molar-refractivity contribution in [1.82, 2.24) is 9.88 Å². The van der Waals surface area contributed by atoms with Crippen LogP contribution in [0.4, 0.5) is 11.4 Å². The molecule has 0 spiro atoms. The summed E-state index contributed by atoms with van der Waals surface area (Å²) >= 11 is 0. The van der Waals surface area contributed by atoms with Crippen molar-refractivity contribution in [2.75, 3.05) is 43.0 Å². The molecule has 1 N–H and O–H groups in total. The van der Waals surface area contributed by atoms with Gasteiger partial charge in [0.1, 0.15) is 5.76 Å². The van der Waals surface area contributed by atoms with Gasteiger partial charge in [0.05, 0.1) is 11.6 Å². The van der Waals surface area contributed by atoms with E-state index in [9.17, 15) is 14.7 Å². The zero-order valence-corrected chi connectivity index (χ0v) is 20.8. The lowest BCUT2D eigenvalue weighted by atomic mass is 9.94. The lowest BCUT2D eigenvalue weighted by Gasteiger charge is -2.34. The van der Waals surface area contributed by atoms with Gasteiger partial charge in [-0.1, -0.05) is 12.1 Å². The average molecular weight is 483 g/mol. The SMILES string of the molecule is Cc1ccc(/C(O)=C2/C(=O)C(=O)N(c3ccc(N4CCN(C)CC4)cc3)C2c2ccncc2)cc1C. The fourth-order valence-corrected chi connectivity index (χ4v) is 4.89. The minimum atomic E-state index is -0.760. The molecule has 3 aromatic rings. The quantitative estimate of drug-likeness (QED) is 0.343. The van der Waals surface area contributed by atoms with E-state index in [1.807, 2.05) is 50.2 Å². The molecule has 7 nitrogen and oxygen atoms in total. The topological polar surface area (TPSA) is 77.0 Å². The average Bonchev–Trinajstić information content (AvgIpc) is 3.16. The number of benzene rings is 2. The van der Waals surface area contributed by atoms with Crippen molar-refractivity contribution in [3.63, 3.8) is 0 Å². The molecule has 2 saturated heterocycles. The largest absolute Gasteiger partial charge is 0.507 e. The number of likely N-dealkylation sites (N-methyl/N-ethyl adjacent to an activating group) is 1. The number of ketones is 1.